The van der Waals surface area contributed by atoms with Crippen LogP contribution in [0.15, 0.2) is 71.2 Å². The van der Waals surface area contributed by atoms with Gasteiger partial charge in [0.2, 0.25) is 0 Å². The number of likely N-dealkylation sites (tertiary alicyclic amines) is 1. The van der Waals surface area contributed by atoms with Crippen molar-refractivity contribution in [2.75, 3.05) is 46.4 Å². The van der Waals surface area contributed by atoms with E-state index in [1.165, 1.54) is 16.2 Å². The van der Waals surface area contributed by atoms with Crippen molar-refractivity contribution in [3.05, 3.63) is 82.3 Å². The van der Waals surface area contributed by atoms with Gasteiger partial charge in [-0.25, -0.2) is 0 Å². The highest BCUT2D eigenvalue weighted by molar-refractivity contribution is 6.00. The minimum Gasteiger partial charge on any atom is -0.388 e. The summed E-state index contributed by atoms with van der Waals surface area (Å²) in [5.41, 5.74) is 2.11. The SMILES string of the molecule is CN1CCC(O)(Cn2cc(C(=O)N3CCOCC3)c(-c3ccccc3)cc2=O)CC1.O=CCCC1=CCCC=C1. The third-order valence-electron chi connectivity index (χ3n) is 7.74. The molecule has 0 saturated carbocycles. The summed E-state index contributed by atoms with van der Waals surface area (Å²) in [6.07, 6.45) is 14.2. The molecule has 2 saturated heterocycles. The van der Waals surface area contributed by atoms with E-state index in [1.807, 2.05) is 37.4 Å². The van der Waals surface area contributed by atoms with E-state index in [0.717, 1.165) is 44.2 Å². The van der Waals surface area contributed by atoms with Crippen molar-refractivity contribution in [1.82, 2.24) is 14.4 Å². The molecule has 1 amide bonds. The second-order valence-electron chi connectivity index (χ2n) is 10.8. The lowest BCUT2D eigenvalue weighted by Gasteiger charge is -2.37. The summed E-state index contributed by atoms with van der Waals surface area (Å²) in [6.45, 7) is 3.85. The van der Waals surface area contributed by atoms with Crippen molar-refractivity contribution >= 4 is 12.2 Å². The van der Waals surface area contributed by atoms with Crippen LogP contribution >= 0.6 is 0 Å². The van der Waals surface area contributed by atoms with E-state index in [2.05, 4.69) is 23.1 Å². The number of morpholine rings is 1. The maximum Gasteiger partial charge on any atom is 0.256 e. The minimum atomic E-state index is -0.941. The lowest BCUT2D eigenvalue weighted by Crippen LogP contribution is -2.47. The van der Waals surface area contributed by atoms with Gasteiger partial charge in [0.15, 0.2) is 0 Å². The predicted octanol–water partition coefficient (Wildman–Crippen LogP) is 3.69. The zero-order valence-corrected chi connectivity index (χ0v) is 23.5. The summed E-state index contributed by atoms with van der Waals surface area (Å²) < 4.78 is 6.89. The van der Waals surface area contributed by atoms with Crippen molar-refractivity contribution in [3.63, 3.8) is 0 Å². The molecular weight excluding hydrogens is 506 g/mol. The van der Waals surface area contributed by atoms with Crippen LogP contribution in [0.4, 0.5) is 0 Å². The number of piperidine rings is 1. The van der Waals surface area contributed by atoms with E-state index in [-0.39, 0.29) is 18.0 Å². The molecule has 2 fully saturated rings. The Kier molecular flexibility index (Phi) is 10.6. The number of aldehydes is 1. The van der Waals surface area contributed by atoms with Gasteiger partial charge in [0, 0.05) is 50.4 Å². The molecule has 214 valence electrons. The molecule has 0 spiro atoms. The molecule has 5 rings (SSSR count). The van der Waals surface area contributed by atoms with E-state index >= 15 is 0 Å². The molecule has 1 N–H and O–H groups in total. The number of hydrogen-bond acceptors (Lipinski definition) is 6. The summed E-state index contributed by atoms with van der Waals surface area (Å²) in [6, 6.07) is 11.0. The molecule has 2 aliphatic heterocycles. The monoisotopic (exact) mass is 547 g/mol. The van der Waals surface area contributed by atoms with Crippen LogP contribution < -0.4 is 5.56 Å². The lowest BCUT2D eigenvalue weighted by molar-refractivity contribution is -0.107. The van der Waals surface area contributed by atoms with Crippen LogP contribution in [-0.4, -0.2) is 83.7 Å². The molecule has 0 atom stereocenters. The highest BCUT2D eigenvalue weighted by Crippen LogP contribution is 2.26. The van der Waals surface area contributed by atoms with Gasteiger partial charge >= 0.3 is 0 Å². The molecule has 2 aromatic rings. The topological polar surface area (TPSA) is 92.1 Å². The Morgan fingerprint density at radius 1 is 1.07 bits per heavy atom. The van der Waals surface area contributed by atoms with Gasteiger partial charge in [-0.1, -0.05) is 54.1 Å². The first-order valence-electron chi connectivity index (χ1n) is 14.3. The first kappa shape index (κ1) is 29.6. The zero-order chi connectivity index (χ0) is 28.4. The van der Waals surface area contributed by atoms with Gasteiger partial charge in [-0.05, 0) is 44.7 Å². The summed E-state index contributed by atoms with van der Waals surface area (Å²) in [4.78, 5) is 40.2. The highest BCUT2D eigenvalue weighted by atomic mass is 16.5. The molecule has 1 aliphatic carbocycles. The second kappa shape index (κ2) is 14.3. The molecule has 3 heterocycles. The Morgan fingerprint density at radius 3 is 2.45 bits per heavy atom. The smallest absolute Gasteiger partial charge is 0.256 e. The van der Waals surface area contributed by atoms with Gasteiger partial charge in [0.1, 0.15) is 6.29 Å². The Morgan fingerprint density at radius 2 is 1.80 bits per heavy atom. The number of aromatic nitrogens is 1. The molecule has 40 heavy (non-hydrogen) atoms. The number of allylic oxidation sites excluding steroid dienone is 4. The number of rotatable bonds is 7. The molecule has 0 bridgehead atoms. The first-order valence-corrected chi connectivity index (χ1v) is 14.3. The van der Waals surface area contributed by atoms with Crippen LogP contribution in [0, 0.1) is 0 Å². The van der Waals surface area contributed by atoms with Gasteiger partial charge in [0.05, 0.1) is 30.9 Å². The average Bonchev–Trinajstić information content (AvgIpc) is 3.00. The van der Waals surface area contributed by atoms with Crippen LogP contribution in [0.2, 0.25) is 0 Å². The van der Waals surface area contributed by atoms with E-state index < -0.39 is 5.60 Å². The highest BCUT2D eigenvalue weighted by Gasteiger charge is 2.32. The molecule has 0 unspecified atom stereocenters. The van der Waals surface area contributed by atoms with E-state index in [4.69, 9.17) is 4.74 Å². The maximum atomic E-state index is 13.4. The number of nitrogens with zero attached hydrogens (tertiary/aromatic N) is 3. The first-order chi connectivity index (χ1) is 19.4. The van der Waals surface area contributed by atoms with E-state index in [1.54, 1.807) is 11.1 Å². The maximum absolute atomic E-state index is 13.4. The van der Waals surface area contributed by atoms with Gasteiger partial charge in [-0.15, -0.1) is 0 Å². The molecule has 0 radical (unpaired) electrons. The largest absolute Gasteiger partial charge is 0.388 e. The van der Waals surface area contributed by atoms with Gasteiger partial charge < -0.3 is 29.0 Å². The second-order valence-corrected chi connectivity index (χ2v) is 10.8. The quantitative estimate of drug-likeness (QED) is 0.532. The molecule has 3 aliphatic rings. The number of carbonyl (C=O) groups excluding carboxylic acids is 2. The summed E-state index contributed by atoms with van der Waals surface area (Å²) in [5, 5.41) is 11.0. The molecule has 8 heteroatoms. The fourth-order valence-corrected chi connectivity index (χ4v) is 5.25. The summed E-state index contributed by atoms with van der Waals surface area (Å²) >= 11 is 0. The standard InChI is InChI=1S/C23H29N3O4.C9H12O/c1-24-9-7-23(29,8-10-24)17-26-16-20(22(28)25-11-13-30-14-12-25)19(15-21(26)27)18-5-3-2-4-6-18;10-8-4-7-9-5-2-1-3-6-9/h2-6,15-16,29H,7-14,17H2,1H3;2,5-6,8H,1,3-4,7H2. The van der Waals surface area contributed by atoms with Crippen molar-refractivity contribution < 1.29 is 19.4 Å². The summed E-state index contributed by atoms with van der Waals surface area (Å²) in [7, 11) is 2.03. The minimum absolute atomic E-state index is 0.110. The van der Waals surface area contributed by atoms with Gasteiger partial charge in [-0.3, -0.25) is 9.59 Å². The Hall–Kier alpha value is -3.33. The van der Waals surface area contributed by atoms with Crippen molar-refractivity contribution in [2.45, 2.75) is 50.7 Å². The van der Waals surface area contributed by atoms with Gasteiger partial charge in [0.25, 0.3) is 11.5 Å². The third kappa shape index (κ3) is 8.10. The summed E-state index contributed by atoms with van der Waals surface area (Å²) in [5.74, 6) is -0.110. The van der Waals surface area contributed by atoms with Crippen molar-refractivity contribution in [1.29, 1.82) is 0 Å². The average molecular weight is 548 g/mol. The van der Waals surface area contributed by atoms with Crippen molar-refractivity contribution in [3.8, 4) is 11.1 Å². The van der Waals surface area contributed by atoms with Crippen molar-refractivity contribution in [2.24, 2.45) is 0 Å². The fourth-order valence-electron chi connectivity index (χ4n) is 5.25. The predicted molar refractivity (Wildman–Crippen MR) is 156 cm³/mol. The Bertz CT molecular complexity index is 1250. The molecule has 1 aromatic heterocycles. The number of ether oxygens (including phenoxy) is 1. The fraction of sp³-hybridized carbons (Fsp3) is 0.469. The zero-order valence-electron chi connectivity index (χ0n) is 23.5. The van der Waals surface area contributed by atoms with Crippen LogP contribution in [0.3, 0.4) is 0 Å². The number of pyridine rings is 1. The number of aliphatic hydroxyl groups is 1. The Balaban J connectivity index is 0.000000312. The normalized spacial score (nSPS) is 18.9. The molecule has 1 aromatic carbocycles. The number of carbonyl (C=O) groups is 2. The Labute approximate surface area is 236 Å². The number of benzene rings is 1. The van der Waals surface area contributed by atoms with Crippen LogP contribution in [-0.2, 0) is 16.1 Å². The van der Waals surface area contributed by atoms with E-state index in [0.29, 0.717) is 56.7 Å². The lowest BCUT2D eigenvalue weighted by atomic mass is 9.91. The van der Waals surface area contributed by atoms with E-state index in [9.17, 15) is 19.5 Å². The molecular formula is C32H41N3O5. The van der Waals surface area contributed by atoms with Crippen LogP contribution in [0.5, 0.6) is 0 Å². The number of amides is 1. The van der Waals surface area contributed by atoms with Crippen LogP contribution in [0.1, 0.15) is 48.9 Å². The van der Waals surface area contributed by atoms with Crippen LogP contribution in [0.25, 0.3) is 11.1 Å². The third-order valence-corrected chi connectivity index (χ3v) is 7.74. The van der Waals surface area contributed by atoms with Gasteiger partial charge in [-0.2, -0.15) is 0 Å². The molecule has 8 nitrogen and oxygen atoms in total. The number of hydrogen-bond donors (Lipinski definition) is 1.